The van der Waals surface area contributed by atoms with Gasteiger partial charge in [-0.3, -0.25) is 14.1 Å². The fourth-order valence-electron chi connectivity index (χ4n) is 4.64. The van der Waals surface area contributed by atoms with Crippen LogP contribution >= 0.6 is 22.9 Å². The van der Waals surface area contributed by atoms with Crippen LogP contribution in [0, 0.1) is 0 Å². The molecule has 0 bridgehead atoms. The maximum absolute atomic E-state index is 13.9. The summed E-state index contributed by atoms with van der Waals surface area (Å²) >= 11 is 6.89. The second kappa shape index (κ2) is 15.0. The number of amides is 2. The van der Waals surface area contributed by atoms with Gasteiger partial charge < -0.3 is 25.0 Å². The number of aliphatic carboxylic acids is 1. The van der Waals surface area contributed by atoms with Crippen molar-refractivity contribution in [3.8, 4) is 0 Å². The van der Waals surface area contributed by atoms with E-state index in [0.29, 0.717) is 10.0 Å². The summed E-state index contributed by atoms with van der Waals surface area (Å²) in [4.78, 5) is 43.4. The molecule has 1 aliphatic heterocycles. The van der Waals surface area contributed by atoms with Gasteiger partial charge in [-0.2, -0.15) is 13.1 Å². The number of thiophene rings is 1. The molecule has 1 saturated heterocycles. The molecule has 0 spiro atoms. The number of sulfonamides is 1. The van der Waals surface area contributed by atoms with Crippen molar-refractivity contribution in [3.63, 3.8) is 0 Å². The monoisotopic (exact) mass is 721 g/mol. The summed E-state index contributed by atoms with van der Waals surface area (Å²) < 4.78 is 62.4. The van der Waals surface area contributed by atoms with Gasteiger partial charge in [-0.25, -0.2) is 22.4 Å². The van der Waals surface area contributed by atoms with Gasteiger partial charge in [0, 0.05) is 38.1 Å². The second-order valence-corrected chi connectivity index (χ2v) is 14.2. The molecule has 16 nitrogen and oxygen atoms in total. The Labute approximate surface area is 274 Å². The minimum Gasteiger partial charge on any atom is -0.479 e. The number of benzene rings is 1. The number of carboxylic acid groups (broad SMARTS) is 1. The molecule has 2 aromatic heterocycles. The number of halogens is 1. The molecule has 0 radical (unpaired) electrons. The van der Waals surface area contributed by atoms with Crippen molar-refractivity contribution in [2.24, 2.45) is 7.05 Å². The minimum atomic E-state index is -4.59. The number of nitrogens with one attached hydrogen (secondary N) is 2. The Kier molecular flexibility index (Phi) is 12.1. The molecule has 0 unspecified atom stereocenters. The Balaban J connectivity index is 0.000000738. The zero-order chi connectivity index (χ0) is 34.4. The Morgan fingerprint density at radius 2 is 1.89 bits per heavy atom. The highest BCUT2D eigenvalue weighted by atomic mass is 35.5. The molecule has 3 aromatic rings. The molecule has 1 aliphatic rings. The first-order chi connectivity index (χ1) is 21.5. The van der Waals surface area contributed by atoms with E-state index in [9.17, 15) is 41.4 Å². The smallest absolute Gasteiger partial charge is 0.397 e. The number of carbonyl (C=O) groups is 3. The maximum Gasteiger partial charge on any atom is 0.397 e. The summed E-state index contributed by atoms with van der Waals surface area (Å²) in [6.07, 6.45) is 1.96. The lowest BCUT2D eigenvalue weighted by molar-refractivity contribution is -0.144. The lowest BCUT2D eigenvalue weighted by atomic mass is 10.00. The van der Waals surface area contributed by atoms with Gasteiger partial charge in [-0.15, -0.1) is 11.3 Å². The number of rotatable bonds is 12. The number of imidazole rings is 1. The van der Waals surface area contributed by atoms with Gasteiger partial charge in [0.05, 0.1) is 27.3 Å². The highest BCUT2D eigenvalue weighted by Gasteiger charge is 2.48. The van der Waals surface area contributed by atoms with E-state index >= 15 is 0 Å². The first-order valence-electron chi connectivity index (χ1n) is 13.5. The highest BCUT2D eigenvalue weighted by Crippen LogP contribution is 2.32. The first kappa shape index (κ1) is 37.0. The topological polar surface area (TPSA) is 235 Å². The predicted octanol–water partition coefficient (Wildman–Crippen LogP) is 1.31. The molecular weight excluding hydrogens is 690 g/mol. The van der Waals surface area contributed by atoms with Crippen molar-refractivity contribution in [2.45, 2.75) is 43.2 Å². The van der Waals surface area contributed by atoms with Crippen LogP contribution in [0.15, 0.2) is 47.6 Å². The van der Waals surface area contributed by atoms with E-state index < -0.39 is 56.4 Å². The Bertz CT molecular complexity index is 1810. The number of carbonyl (C=O) groups excluding carboxylic acids is 2. The summed E-state index contributed by atoms with van der Waals surface area (Å²) in [5.41, 5.74) is -1.83. The number of nitrogens with zero attached hydrogens (tertiary/aromatic N) is 3. The average molecular weight is 722 g/mol. The number of hydrogen-bond acceptors (Lipinski definition) is 11. The van der Waals surface area contributed by atoms with Crippen LogP contribution in [0.5, 0.6) is 0 Å². The average Bonchev–Trinajstić information content (AvgIpc) is 3.70. The van der Waals surface area contributed by atoms with Crippen molar-refractivity contribution in [1.29, 1.82) is 0 Å². The van der Waals surface area contributed by atoms with E-state index in [1.54, 1.807) is 13.0 Å². The van der Waals surface area contributed by atoms with E-state index in [-0.39, 0.29) is 47.2 Å². The van der Waals surface area contributed by atoms with Crippen molar-refractivity contribution in [2.75, 3.05) is 24.6 Å². The fourth-order valence-corrected chi connectivity index (χ4v) is 7.55. The Morgan fingerprint density at radius 1 is 1.20 bits per heavy atom. The first-order valence-corrected chi connectivity index (χ1v) is 17.5. The fraction of sp³-hybridized carbons (Fsp3) is 0.385. The van der Waals surface area contributed by atoms with Crippen LogP contribution < -0.4 is 14.9 Å². The van der Waals surface area contributed by atoms with Crippen molar-refractivity contribution >= 4 is 66.8 Å². The van der Waals surface area contributed by atoms with Crippen LogP contribution in [0.4, 0.5) is 5.69 Å². The summed E-state index contributed by atoms with van der Waals surface area (Å²) in [6, 6.07) is 7.29. The molecule has 252 valence electrons. The lowest BCUT2D eigenvalue weighted by Crippen LogP contribution is -2.59. The van der Waals surface area contributed by atoms with Gasteiger partial charge >= 0.3 is 16.4 Å². The van der Waals surface area contributed by atoms with Crippen LogP contribution in [0.25, 0.3) is 0 Å². The van der Waals surface area contributed by atoms with Crippen molar-refractivity contribution in [1.82, 2.24) is 19.6 Å². The molecule has 2 atom stereocenters. The van der Waals surface area contributed by atoms with Gasteiger partial charge in [0.25, 0.3) is 11.8 Å². The van der Waals surface area contributed by atoms with Crippen molar-refractivity contribution < 1.29 is 50.2 Å². The number of aryl methyl sites for hydroxylation is 1. The summed E-state index contributed by atoms with van der Waals surface area (Å²) in [7, 11) is -7.27. The lowest BCUT2D eigenvalue weighted by Gasteiger charge is -2.30. The van der Waals surface area contributed by atoms with Crippen LogP contribution in [0.2, 0.25) is 4.34 Å². The minimum absolute atomic E-state index is 0.0289. The highest BCUT2D eigenvalue weighted by molar-refractivity contribution is 7.89. The Hall–Kier alpha value is -3.43. The largest absolute Gasteiger partial charge is 0.479 e. The number of carboxylic acids is 1. The molecular formula is C26H32ClN5O11S3. The van der Waals surface area contributed by atoms with Crippen molar-refractivity contribution in [3.05, 3.63) is 63.3 Å². The van der Waals surface area contributed by atoms with Gasteiger partial charge in [0.1, 0.15) is 11.9 Å². The number of anilines is 1. The molecule has 5 N–H and O–H groups in total. The number of aliphatic hydroxyl groups excluding tert-OH is 1. The van der Waals surface area contributed by atoms with E-state index in [4.69, 9.17) is 16.2 Å². The van der Waals surface area contributed by atoms with Crippen LogP contribution in [-0.4, -0.2) is 84.7 Å². The molecule has 0 saturated carbocycles. The van der Waals surface area contributed by atoms with Gasteiger partial charge in [0.15, 0.2) is 0 Å². The van der Waals surface area contributed by atoms with Gasteiger partial charge in [-0.1, -0.05) is 24.6 Å². The third kappa shape index (κ3) is 8.48. The van der Waals surface area contributed by atoms with E-state index in [1.807, 2.05) is 0 Å². The van der Waals surface area contributed by atoms with Gasteiger partial charge in [0.2, 0.25) is 15.6 Å². The molecule has 46 heavy (non-hydrogen) atoms. The van der Waals surface area contributed by atoms with Crippen LogP contribution in [0.3, 0.4) is 0 Å². The number of hydrogen-bond donors (Lipinski definition) is 5. The standard InChI is InChI=1S/C24H26ClN5O7S2.C2H6O4S/c1-3-14-15(30-11-9-16(31)21(30)33)5-4-6-18(14)39(36,37)28-24(23(34)35,22-26-10-12-29(22)2)13-27-20(32)17-7-8-19(25)38-17;1-2-6-7(3,4)5/h4-8,10,12,16,28,31H,3,9,11,13H2,1-2H3,(H,27,32)(H,34,35);2H2,1H3,(H,3,4,5)/t16-,24+;/m0./s1. The second-order valence-electron chi connectivity index (χ2n) is 9.70. The summed E-state index contributed by atoms with van der Waals surface area (Å²) in [6.45, 7) is 2.66. The summed E-state index contributed by atoms with van der Waals surface area (Å²) in [5, 5.41) is 22.8. The SMILES string of the molecule is CCOS(=O)(=O)O.CCc1c(N2CC[C@H](O)C2=O)cccc1S(=O)(=O)N[C@@](CNC(=O)c1ccc(Cl)s1)(C(=O)O)c1nccn1C. The third-order valence-electron chi connectivity index (χ3n) is 6.67. The quantitative estimate of drug-likeness (QED) is 0.167. The molecule has 1 fully saturated rings. The Morgan fingerprint density at radius 3 is 2.35 bits per heavy atom. The maximum atomic E-state index is 13.9. The molecule has 1 aromatic carbocycles. The van der Waals surface area contributed by atoms with E-state index in [0.717, 1.165) is 11.3 Å². The zero-order valence-electron chi connectivity index (χ0n) is 24.7. The third-order valence-corrected chi connectivity index (χ3v) is 10.0. The molecule has 3 heterocycles. The predicted molar refractivity (Wildman–Crippen MR) is 166 cm³/mol. The summed E-state index contributed by atoms with van der Waals surface area (Å²) in [5.74, 6) is -2.96. The normalized spacial score (nSPS) is 16.4. The van der Waals surface area contributed by atoms with Gasteiger partial charge in [-0.05, 0) is 43.2 Å². The van der Waals surface area contributed by atoms with Crippen LogP contribution in [0.1, 0.15) is 41.3 Å². The van der Waals surface area contributed by atoms with Crippen LogP contribution in [-0.2, 0) is 53.2 Å². The molecule has 4 rings (SSSR count). The number of aromatic nitrogens is 2. The molecule has 2 amide bonds. The molecule has 20 heteroatoms. The zero-order valence-corrected chi connectivity index (χ0v) is 27.9. The van der Waals surface area contributed by atoms with E-state index in [2.05, 4.69) is 19.2 Å². The molecule has 0 aliphatic carbocycles. The number of aliphatic hydroxyl groups is 1. The van der Waals surface area contributed by atoms with E-state index in [1.165, 1.54) is 60.1 Å².